The van der Waals surface area contributed by atoms with Crippen LogP contribution in [0.15, 0.2) is 24.3 Å². The molecule has 0 bridgehead atoms. The quantitative estimate of drug-likeness (QED) is 0.684. The van der Waals surface area contributed by atoms with E-state index >= 15 is 0 Å². The van der Waals surface area contributed by atoms with Crippen molar-refractivity contribution in [2.75, 3.05) is 0 Å². The lowest BCUT2D eigenvalue weighted by Crippen LogP contribution is -1.97. The van der Waals surface area contributed by atoms with Gasteiger partial charge in [-0.3, -0.25) is 0 Å². The van der Waals surface area contributed by atoms with Crippen LogP contribution in [0, 0.1) is 12.7 Å². The zero-order chi connectivity index (χ0) is 10.1. The fourth-order valence-electron chi connectivity index (χ4n) is 1.90. The molecule has 1 aromatic carbocycles. The number of hydrogen-bond acceptors (Lipinski definition) is 0. The number of fused-ring (bicyclic) bond motifs is 1. The van der Waals surface area contributed by atoms with Gasteiger partial charge in [-0.25, -0.2) is 4.39 Å². The van der Waals surface area contributed by atoms with E-state index < -0.39 is 0 Å². The van der Waals surface area contributed by atoms with Crippen molar-refractivity contribution in [2.45, 2.75) is 26.8 Å². The summed E-state index contributed by atoms with van der Waals surface area (Å²) in [5.41, 5.74) is 2.33. The molecule has 2 aromatic rings. The maximum atomic E-state index is 13.0. The molecule has 0 radical (unpaired) electrons. The van der Waals surface area contributed by atoms with E-state index in [1.165, 1.54) is 11.8 Å². The Bertz CT molecular complexity index is 457. The number of rotatable bonds is 2. The molecule has 0 fully saturated rings. The molecule has 0 N–H and O–H groups in total. The first-order valence-corrected chi connectivity index (χ1v) is 4.97. The van der Waals surface area contributed by atoms with E-state index in [0.29, 0.717) is 0 Å². The third-order valence-corrected chi connectivity index (χ3v) is 2.52. The Morgan fingerprint density at radius 1 is 1.29 bits per heavy atom. The molecule has 0 aliphatic carbocycles. The van der Waals surface area contributed by atoms with Gasteiger partial charge in [0.2, 0.25) is 0 Å². The summed E-state index contributed by atoms with van der Waals surface area (Å²) in [5.74, 6) is -0.161. The number of aromatic nitrogens is 1. The Morgan fingerprint density at radius 3 is 2.79 bits per heavy atom. The zero-order valence-corrected chi connectivity index (χ0v) is 8.55. The highest BCUT2D eigenvalue weighted by atomic mass is 19.1. The molecule has 0 atom stereocenters. The second-order valence-corrected chi connectivity index (χ2v) is 3.64. The highest BCUT2D eigenvalue weighted by molar-refractivity contribution is 5.81. The van der Waals surface area contributed by atoms with Crippen molar-refractivity contribution in [1.82, 2.24) is 4.57 Å². The average Bonchev–Trinajstić information content (AvgIpc) is 2.43. The average molecular weight is 191 g/mol. The highest BCUT2D eigenvalue weighted by Gasteiger charge is 2.04. The van der Waals surface area contributed by atoms with Crippen LogP contribution in [0.2, 0.25) is 0 Å². The summed E-state index contributed by atoms with van der Waals surface area (Å²) in [7, 11) is 0. The van der Waals surface area contributed by atoms with Crippen LogP contribution < -0.4 is 0 Å². The minimum absolute atomic E-state index is 0.161. The van der Waals surface area contributed by atoms with E-state index in [1.807, 2.05) is 12.1 Å². The Kier molecular flexibility index (Phi) is 2.28. The third kappa shape index (κ3) is 1.41. The summed E-state index contributed by atoms with van der Waals surface area (Å²) in [5, 5.41) is 0.996. The van der Waals surface area contributed by atoms with Gasteiger partial charge < -0.3 is 4.57 Å². The molecule has 0 spiro atoms. The van der Waals surface area contributed by atoms with Crippen molar-refractivity contribution in [1.29, 1.82) is 0 Å². The van der Waals surface area contributed by atoms with Gasteiger partial charge >= 0.3 is 0 Å². The summed E-state index contributed by atoms with van der Waals surface area (Å²) in [6, 6.07) is 7.00. The Hall–Kier alpha value is -1.31. The molecule has 0 amide bonds. The second kappa shape index (κ2) is 3.45. The lowest BCUT2D eigenvalue weighted by atomic mass is 10.2. The minimum Gasteiger partial charge on any atom is -0.345 e. The van der Waals surface area contributed by atoms with Gasteiger partial charge in [0.25, 0.3) is 0 Å². The van der Waals surface area contributed by atoms with E-state index in [9.17, 15) is 4.39 Å². The molecule has 2 heteroatoms. The Balaban J connectivity index is 2.64. The van der Waals surface area contributed by atoms with Crippen molar-refractivity contribution >= 4 is 10.9 Å². The van der Waals surface area contributed by atoms with Gasteiger partial charge in [0.1, 0.15) is 5.82 Å². The topological polar surface area (TPSA) is 4.93 Å². The van der Waals surface area contributed by atoms with Crippen LogP contribution in [0.25, 0.3) is 10.9 Å². The predicted molar refractivity (Wildman–Crippen MR) is 56.9 cm³/mol. The smallest absolute Gasteiger partial charge is 0.123 e. The molecule has 0 unspecified atom stereocenters. The molecule has 14 heavy (non-hydrogen) atoms. The molecule has 1 nitrogen and oxygen atoms in total. The molecule has 2 rings (SSSR count). The summed E-state index contributed by atoms with van der Waals surface area (Å²) < 4.78 is 15.2. The van der Waals surface area contributed by atoms with Crippen LogP contribution >= 0.6 is 0 Å². The normalized spacial score (nSPS) is 11.1. The SMILES string of the molecule is CCCn1c(C)cc2cc(F)ccc21. The second-order valence-electron chi connectivity index (χ2n) is 3.64. The lowest BCUT2D eigenvalue weighted by Gasteiger charge is -2.05. The van der Waals surface area contributed by atoms with Gasteiger partial charge in [0.15, 0.2) is 0 Å². The molecule has 0 aliphatic rings. The predicted octanol–water partition coefficient (Wildman–Crippen LogP) is 3.50. The van der Waals surface area contributed by atoms with Crippen LogP contribution in [0.1, 0.15) is 19.0 Å². The number of nitrogens with zero attached hydrogens (tertiary/aromatic N) is 1. The fourth-order valence-corrected chi connectivity index (χ4v) is 1.90. The van der Waals surface area contributed by atoms with Crippen molar-refractivity contribution in [3.8, 4) is 0 Å². The molecule has 1 heterocycles. The van der Waals surface area contributed by atoms with Gasteiger partial charge in [0.05, 0.1) is 0 Å². The van der Waals surface area contributed by atoms with Gasteiger partial charge in [-0.1, -0.05) is 6.92 Å². The molecular formula is C12H14FN. The van der Waals surface area contributed by atoms with Crippen LogP contribution in [0.3, 0.4) is 0 Å². The monoisotopic (exact) mass is 191 g/mol. The molecular weight excluding hydrogens is 177 g/mol. The zero-order valence-electron chi connectivity index (χ0n) is 8.55. The number of hydrogen-bond donors (Lipinski definition) is 0. The number of benzene rings is 1. The number of halogens is 1. The minimum atomic E-state index is -0.161. The van der Waals surface area contributed by atoms with Crippen LogP contribution in [-0.2, 0) is 6.54 Å². The van der Waals surface area contributed by atoms with Crippen molar-refractivity contribution in [3.05, 3.63) is 35.8 Å². The Morgan fingerprint density at radius 2 is 2.07 bits per heavy atom. The standard InChI is InChI=1S/C12H14FN/c1-3-6-14-9(2)7-10-8-11(13)4-5-12(10)14/h4-5,7-8H,3,6H2,1-2H3. The van der Waals surface area contributed by atoms with E-state index in [0.717, 1.165) is 23.9 Å². The first-order valence-electron chi connectivity index (χ1n) is 4.97. The molecule has 1 aromatic heterocycles. The molecule has 74 valence electrons. The van der Waals surface area contributed by atoms with E-state index in [2.05, 4.69) is 18.4 Å². The maximum Gasteiger partial charge on any atom is 0.123 e. The fraction of sp³-hybridized carbons (Fsp3) is 0.333. The highest BCUT2D eigenvalue weighted by Crippen LogP contribution is 2.20. The largest absolute Gasteiger partial charge is 0.345 e. The summed E-state index contributed by atoms with van der Waals surface area (Å²) in [6.07, 6.45) is 1.10. The maximum absolute atomic E-state index is 13.0. The number of aryl methyl sites for hydroxylation is 2. The van der Waals surface area contributed by atoms with Crippen LogP contribution in [0.5, 0.6) is 0 Å². The van der Waals surface area contributed by atoms with E-state index in [4.69, 9.17) is 0 Å². The first-order chi connectivity index (χ1) is 6.72. The van der Waals surface area contributed by atoms with Crippen molar-refractivity contribution < 1.29 is 4.39 Å². The molecule has 0 aliphatic heterocycles. The van der Waals surface area contributed by atoms with E-state index in [1.54, 1.807) is 6.07 Å². The van der Waals surface area contributed by atoms with Gasteiger partial charge in [0, 0.05) is 23.1 Å². The summed E-state index contributed by atoms with van der Waals surface area (Å²) in [6.45, 7) is 5.21. The summed E-state index contributed by atoms with van der Waals surface area (Å²) >= 11 is 0. The van der Waals surface area contributed by atoms with E-state index in [-0.39, 0.29) is 5.82 Å². The molecule has 0 saturated carbocycles. The van der Waals surface area contributed by atoms with Crippen molar-refractivity contribution in [2.24, 2.45) is 0 Å². The van der Waals surface area contributed by atoms with Crippen molar-refractivity contribution in [3.63, 3.8) is 0 Å². The van der Waals surface area contributed by atoms with Gasteiger partial charge in [-0.15, -0.1) is 0 Å². The van der Waals surface area contributed by atoms with Crippen LogP contribution in [-0.4, -0.2) is 4.57 Å². The first kappa shape index (κ1) is 9.25. The Labute approximate surface area is 83.2 Å². The van der Waals surface area contributed by atoms with Crippen LogP contribution in [0.4, 0.5) is 4.39 Å². The van der Waals surface area contributed by atoms with Gasteiger partial charge in [-0.05, 0) is 37.6 Å². The lowest BCUT2D eigenvalue weighted by molar-refractivity contribution is 0.629. The summed E-state index contributed by atoms with van der Waals surface area (Å²) in [4.78, 5) is 0. The molecule has 0 saturated heterocycles. The van der Waals surface area contributed by atoms with Gasteiger partial charge in [-0.2, -0.15) is 0 Å². The third-order valence-electron chi connectivity index (χ3n) is 2.52.